The smallest absolute Gasteiger partial charge is 0.418 e. The molecule has 4 heterocycles. The van der Waals surface area contributed by atoms with E-state index in [2.05, 4.69) is 17.1 Å². The maximum Gasteiger partial charge on any atom is 0.418 e. The number of nitrogens with zero attached hydrogens (tertiary/aromatic N) is 4. The van der Waals surface area contributed by atoms with Crippen LogP contribution < -0.4 is 11.1 Å². The largest absolute Gasteiger partial charge is 0.465 e. The quantitative estimate of drug-likeness (QED) is 0.129. The van der Waals surface area contributed by atoms with E-state index in [4.69, 9.17) is 26.8 Å². The third-order valence-corrected chi connectivity index (χ3v) is 12.5. The summed E-state index contributed by atoms with van der Waals surface area (Å²) < 4.78 is 53.1. The molecule has 2 aromatic rings. The van der Waals surface area contributed by atoms with E-state index < -0.39 is 35.5 Å². The number of nitrogens with one attached hydrogen (secondary N) is 1. The molecule has 0 unspecified atom stereocenters. The van der Waals surface area contributed by atoms with Crippen molar-refractivity contribution in [2.45, 2.75) is 108 Å². The summed E-state index contributed by atoms with van der Waals surface area (Å²) in [6.07, 6.45) is 1.32. The molecule has 1 atom stereocenters. The number of likely N-dealkylation sites (tertiary alicyclic amines) is 3. The molecule has 0 spiro atoms. The van der Waals surface area contributed by atoms with Gasteiger partial charge in [0, 0.05) is 56.9 Å². The number of nitrogen functional groups attached to an aromatic ring is 1. The Morgan fingerprint density at radius 2 is 1.57 bits per heavy atom. The van der Waals surface area contributed by atoms with Crippen LogP contribution in [0.3, 0.4) is 0 Å². The lowest BCUT2D eigenvalue weighted by molar-refractivity contribution is -0.151. The highest BCUT2D eigenvalue weighted by atomic mass is 35.5. The SMILES string of the molecule is CCCCCCOC(=O)C1CCN(C2CCN(C(=O)[C@@H](Cc3cc(Cl)c(N)c(C(F)(F)F)c3)OC(=O)N3CCC(N4CCc5ccccc5NC4=O)CC3)CC2)CC1. The van der Waals surface area contributed by atoms with Crippen molar-refractivity contribution in [2.75, 3.05) is 63.5 Å². The number of amides is 4. The highest BCUT2D eigenvalue weighted by molar-refractivity contribution is 6.33. The second-order valence-corrected chi connectivity index (χ2v) is 16.4. The number of carbonyl (C=O) groups is 4. The molecular weight excluding hydrogens is 777 g/mol. The molecule has 2 aromatic carbocycles. The van der Waals surface area contributed by atoms with Crippen molar-refractivity contribution in [1.29, 1.82) is 0 Å². The van der Waals surface area contributed by atoms with Crippen LogP contribution in [0.5, 0.6) is 0 Å². The predicted molar refractivity (Wildman–Crippen MR) is 214 cm³/mol. The number of alkyl halides is 3. The lowest BCUT2D eigenvalue weighted by Gasteiger charge is -2.42. The Kier molecular flexibility index (Phi) is 14.7. The van der Waals surface area contributed by atoms with E-state index in [1.54, 1.807) is 9.80 Å². The van der Waals surface area contributed by atoms with Crippen LogP contribution in [0.15, 0.2) is 36.4 Å². The van der Waals surface area contributed by atoms with Crippen molar-refractivity contribution in [2.24, 2.45) is 5.92 Å². The Labute approximate surface area is 343 Å². The highest BCUT2D eigenvalue weighted by Gasteiger charge is 2.39. The Morgan fingerprint density at radius 1 is 0.897 bits per heavy atom. The number of rotatable bonds is 12. The molecule has 3 N–H and O–H groups in total. The van der Waals surface area contributed by atoms with Crippen molar-refractivity contribution in [1.82, 2.24) is 19.6 Å². The summed E-state index contributed by atoms with van der Waals surface area (Å²) in [6.45, 7) is 5.92. The van der Waals surface area contributed by atoms with E-state index in [9.17, 15) is 32.3 Å². The summed E-state index contributed by atoms with van der Waals surface area (Å²) >= 11 is 6.14. The molecule has 0 radical (unpaired) electrons. The molecule has 3 saturated heterocycles. The number of hydrogen-bond donors (Lipinski definition) is 2. The highest BCUT2D eigenvalue weighted by Crippen LogP contribution is 2.38. The van der Waals surface area contributed by atoms with Gasteiger partial charge in [0.2, 0.25) is 0 Å². The molecule has 4 aliphatic rings. The average Bonchev–Trinajstić information content (AvgIpc) is 3.39. The fraction of sp³-hybridized carbons (Fsp3) is 0.619. The Balaban J connectivity index is 1.06. The lowest BCUT2D eigenvalue weighted by Crippen LogP contribution is -2.53. The summed E-state index contributed by atoms with van der Waals surface area (Å²) in [4.78, 5) is 60.9. The summed E-state index contributed by atoms with van der Waals surface area (Å²) in [6, 6.07) is 9.68. The number of benzene rings is 2. The number of nitrogens with two attached hydrogens (primary N) is 1. The number of halogens is 4. The van der Waals surface area contributed by atoms with Crippen LogP contribution in [0, 0.1) is 5.92 Å². The number of carbonyl (C=O) groups excluding carboxylic acids is 4. The Hall–Kier alpha value is -4.24. The number of anilines is 2. The molecule has 58 heavy (non-hydrogen) atoms. The fourth-order valence-corrected chi connectivity index (χ4v) is 8.93. The first kappa shape index (κ1) is 43.3. The number of fused-ring (bicyclic) bond motifs is 1. The van der Waals surface area contributed by atoms with E-state index in [1.807, 2.05) is 24.3 Å². The van der Waals surface area contributed by atoms with E-state index in [0.29, 0.717) is 71.2 Å². The van der Waals surface area contributed by atoms with Gasteiger partial charge in [0.25, 0.3) is 5.91 Å². The van der Waals surface area contributed by atoms with Crippen molar-refractivity contribution in [3.8, 4) is 0 Å². The van der Waals surface area contributed by atoms with Crippen LogP contribution in [-0.4, -0.2) is 114 Å². The molecule has 0 aromatic heterocycles. The maximum atomic E-state index is 14.2. The number of piperidine rings is 3. The van der Waals surface area contributed by atoms with E-state index in [1.165, 1.54) is 11.0 Å². The van der Waals surface area contributed by atoms with Gasteiger partial charge in [-0.2, -0.15) is 13.2 Å². The van der Waals surface area contributed by atoms with Crippen LogP contribution in [0.1, 0.15) is 87.8 Å². The predicted octanol–water partition coefficient (Wildman–Crippen LogP) is 7.37. The molecule has 318 valence electrons. The van der Waals surface area contributed by atoms with Crippen LogP contribution in [-0.2, 0) is 38.1 Å². The molecule has 0 bridgehead atoms. The number of esters is 1. The first-order valence-corrected chi connectivity index (χ1v) is 21.2. The van der Waals surface area contributed by atoms with E-state index >= 15 is 0 Å². The van der Waals surface area contributed by atoms with E-state index in [0.717, 1.165) is 56.1 Å². The van der Waals surface area contributed by atoms with Crippen molar-refractivity contribution in [3.05, 3.63) is 58.1 Å². The minimum absolute atomic E-state index is 0.0572. The normalized spacial score (nSPS) is 19.6. The maximum absolute atomic E-state index is 14.2. The van der Waals surface area contributed by atoms with Gasteiger partial charge in [-0.25, -0.2) is 9.59 Å². The number of ether oxygens (including phenoxy) is 2. The van der Waals surface area contributed by atoms with Gasteiger partial charge in [-0.05, 0) is 93.8 Å². The van der Waals surface area contributed by atoms with Gasteiger partial charge in [0.15, 0.2) is 6.10 Å². The standard InChI is InChI=1S/C42H56ClF3N6O6/c1-2-3-4-7-24-57-39(54)30-10-17-49(18-11-30)31-13-19-50(20-14-31)38(53)36(27-28-25-33(42(44,45)46)37(47)34(43)26-28)58-41(56)51-21-15-32(16-22-51)52-23-12-29-8-5-6-9-35(29)48-40(52)55/h5-6,8-9,25-26,30-32,36H,2-4,7,10-24,27,47H2,1H3,(H,48,55)/t36-/m1/s1. The van der Waals surface area contributed by atoms with Crippen LogP contribution >= 0.6 is 11.6 Å². The zero-order valence-corrected chi connectivity index (χ0v) is 34.0. The lowest BCUT2D eigenvalue weighted by atomic mass is 9.93. The first-order valence-electron chi connectivity index (χ1n) is 20.8. The minimum Gasteiger partial charge on any atom is -0.465 e. The Morgan fingerprint density at radius 3 is 2.26 bits per heavy atom. The van der Waals surface area contributed by atoms with Gasteiger partial charge in [0.1, 0.15) is 0 Å². The molecule has 12 nitrogen and oxygen atoms in total. The van der Waals surface area contributed by atoms with Crippen LogP contribution in [0.4, 0.5) is 34.1 Å². The summed E-state index contributed by atoms with van der Waals surface area (Å²) in [5.41, 5.74) is 5.84. The molecule has 16 heteroatoms. The van der Waals surface area contributed by atoms with Gasteiger partial charge in [-0.3, -0.25) is 9.59 Å². The zero-order chi connectivity index (χ0) is 41.4. The number of unbranched alkanes of at least 4 members (excludes halogenated alkanes) is 3. The van der Waals surface area contributed by atoms with Crippen molar-refractivity contribution < 1.29 is 41.8 Å². The van der Waals surface area contributed by atoms with Crippen molar-refractivity contribution >= 4 is 47.0 Å². The third-order valence-electron chi connectivity index (χ3n) is 12.1. The summed E-state index contributed by atoms with van der Waals surface area (Å²) in [5, 5.41) is 2.68. The molecule has 4 amide bonds. The molecule has 4 aliphatic heterocycles. The average molecular weight is 833 g/mol. The second-order valence-electron chi connectivity index (χ2n) is 16.0. The van der Waals surface area contributed by atoms with Gasteiger partial charge in [-0.15, -0.1) is 0 Å². The van der Waals surface area contributed by atoms with Gasteiger partial charge < -0.3 is 40.1 Å². The molecule has 3 fully saturated rings. The second kappa shape index (κ2) is 19.7. The number of para-hydroxylation sites is 1. The first-order chi connectivity index (χ1) is 27.8. The topological polar surface area (TPSA) is 138 Å². The zero-order valence-electron chi connectivity index (χ0n) is 33.2. The molecular formula is C42H56ClF3N6O6. The van der Waals surface area contributed by atoms with Crippen LogP contribution in [0.2, 0.25) is 5.02 Å². The van der Waals surface area contributed by atoms with Crippen LogP contribution in [0.25, 0.3) is 0 Å². The van der Waals surface area contributed by atoms with Gasteiger partial charge in [0.05, 0.1) is 28.8 Å². The fourth-order valence-electron chi connectivity index (χ4n) is 8.69. The van der Waals surface area contributed by atoms with E-state index in [-0.39, 0.29) is 60.1 Å². The molecule has 0 saturated carbocycles. The van der Waals surface area contributed by atoms with Gasteiger partial charge >= 0.3 is 24.3 Å². The summed E-state index contributed by atoms with van der Waals surface area (Å²) in [5.74, 6) is -0.733. The van der Waals surface area contributed by atoms with Crippen molar-refractivity contribution in [3.63, 3.8) is 0 Å². The molecule has 0 aliphatic carbocycles. The summed E-state index contributed by atoms with van der Waals surface area (Å²) in [7, 11) is 0. The third kappa shape index (κ3) is 10.9. The number of urea groups is 1. The Bertz CT molecular complexity index is 1760. The van der Waals surface area contributed by atoms with Gasteiger partial charge in [-0.1, -0.05) is 56.0 Å². The molecule has 6 rings (SSSR count). The minimum atomic E-state index is -4.79. The monoisotopic (exact) mass is 832 g/mol. The number of hydrogen-bond acceptors (Lipinski definition) is 8.